The minimum absolute atomic E-state index is 0.00363. The predicted octanol–water partition coefficient (Wildman–Crippen LogP) is 3.32. The van der Waals surface area contributed by atoms with Gasteiger partial charge in [0.15, 0.2) is 0 Å². The summed E-state index contributed by atoms with van der Waals surface area (Å²) >= 11 is 0. The van der Waals surface area contributed by atoms with Crippen LogP contribution in [-0.4, -0.2) is 19.1 Å². The highest BCUT2D eigenvalue weighted by molar-refractivity contribution is 5.92. The van der Waals surface area contributed by atoms with E-state index in [1.165, 1.54) is 19.3 Å². The summed E-state index contributed by atoms with van der Waals surface area (Å²) in [4.78, 5) is 11.3. The van der Waals surface area contributed by atoms with Crippen molar-refractivity contribution in [1.82, 2.24) is 0 Å². The first-order chi connectivity index (χ1) is 10.2. The molecule has 1 aromatic rings. The number of benzene rings is 1. The van der Waals surface area contributed by atoms with Gasteiger partial charge in [0, 0.05) is 12.3 Å². The minimum Gasteiger partial charge on any atom is -0.376 e. The molecule has 0 fully saturated rings. The summed E-state index contributed by atoms with van der Waals surface area (Å²) in [5.74, 6) is 0.462. The summed E-state index contributed by atoms with van der Waals surface area (Å²) in [6.07, 6.45) is 4.90. The number of anilines is 1. The van der Waals surface area contributed by atoms with E-state index in [1.807, 2.05) is 24.3 Å². The van der Waals surface area contributed by atoms with Gasteiger partial charge in [0.2, 0.25) is 5.91 Å². The van der Waals surface area contributed by atoms with Crippen molar-refractivity contribution in [1.29, 1.82) is 0 Å². The zero-order chi connectivity index (χ0) is 15.5. The highest BCUT2D eigenvalue weighted by Crippen LogP contribution is 2.15. The molecule has 0 aliphatic carbocycles. The number of rotatable bonds is 10. The third-order valence-electron chi connectivity index (χ3n) is 3.56. The average molecular weight is 292 g/mol. The highest BCUT2D eigenvalue weighted by atomic mass is 16.5. The first kappa shape index (κ1) is 17.7. The Kier molecular flexibility index (Phi) is 8.71. The number of carbonyl (C=O) groups excluding carboxylic acids is 1. The van der Waals surface area contributed by atoms with Crippen LogP contribution >= 0.6 is 0 Å². The van der Waals surface area contributed by atoms with Gasteiger partial charge in [-0.3, -0.25) is 4.79 Å². The van der Waals surface area contributed by atoms with Crippen molar-refractivity contribution in [2.45, 2.75) is 46.1 Å². The molecule has 0 aromatic heterocycles. The molecule has 118 valence electrons. The second-order valence-corrected chi connectivity index (χ2v) is 5.38. The van der Waals surface area contributed by atoms with Gasteiger partial charge < -0.3 is 15.8 Å². The van der Waals surface area contributed by atoms with E-state index in [1.54, 1.807) is 0 Å². The standard InChI is InChI=1S/C17H28N2O2/c1-3-5-7-14(4-2)12-21-13-15-8-6-9-16(10-15)19-17(20)11-18/h6,8-10,14H,3-5,7,11-13,18H2,1-2H3,(H,19,20). The maximum absolute atomic E-state index is 11.3. The van der Waals surface area contributed by atoms with E-state index in [4.69, 9.17) is 10.5 Å². The van der Waals surface area contributed by atoms with Crippen LogP contribution in [0.4, 0.5) is 5.69 Å². The van der Waals surface area contributed by atoms with Crippen molar-refractivity contribution in [2.75, 3.05) is 18.5 Å². The highest BCUT2D eigenvalue weighted by Gasteiger charge is 2.06. The molecule has 1 atom stereocenters. The Morgan fingerprint density at radius 1 is 1.38 bits per heavy atom. The number of nitrogens with two attached hydrogens (primary N) is 1. The van der Waals surface area contributed by atoms with Crippen molar-refractivity contribution in [3.63, 3.8) is 0 Å². The lowest BCUT2D eigenvalue weighted by Gasteiger charge is -2.15. The largest absolute Gasteiger partial charge is 0.376 e. The lowest BCUT2D eigenvalue weighted by molar-refractivity contribution is -0.114. The number of nitrogens with one attached hydrogen (secondary N) is 1. The molecule has 0 radical (unpaired) electrons. The minimum atomic E-state index is -0.182. The third kappa shape index (κ3) is 7.25. The average Bonchev–Trinajstić information content (AvgIpc) is 2.51. The molecule has 0 spiro atoms. The molecule has 0 aliphatic rings. The Morgan fingerprint density at radius 2 is 2.19 bits per heavy atom. The number of carbonyl (C=O) groups is 1. The predicted molar refractivity (Wildman–Crippen MR) is 87.1 cm³/mol. The first-order valence-electron chi connectivity index (χ1n) is 7.86. The van der Waals surface area contributed by atoms with Gasteiger partial charge in [-0.25, -0.2) is 0 Å². The molecule has 0 saturated heterocycles. The summed E-state index contributed by atoms with van der Waals surface area (Å²) < 4.78 is 5.82. The van der Waals surface area contributed by atoms with Gasteiger partial charge >= 0.3 is 0 Å². The van der Waals surface area contributed by atoms with Crippen molar-refractivity contribution < 1.29 is 9.53 Å². The van der Waals surface area contributed by atoms with Crippen molar-refractivity contribution >= 4 is 11.6 Å². The quantitative estimate of drug-likeness (QED) is 0.695. The SMILES string of the molecule is CCCCC(CC)COCc1cccc(NC(=O)CN)c1. The van der Waals surface area contributed by atoms with E-state index >= 15 is 0 Å². The molecule has 0 aliphatic heterocycles. The fourth-order valence-corrected chi connectivity index (χ4v) is 2.19. The Balaban J connectivity index is 2.40. The van der Waals surface area contributed by atoms with Crippen LogP contribution in [0.5, 0.6) is 0 Å². The Labute approximate surface area is 128 Å². The van der Waals surface area contributed by atoms with Crippen molar-refractivity contribution in [3.05, 3.63) is 29.8 Å². The summed E-state index contributed by atoms with van der Waals surface area (Å²) in [5.41, 5.74) is 7.12. The number of hydrogen-bond donors (Lipinski definition) is 2. The Bertz CT molecular complexity index is 421. The van der Waals surface area contributed by atoms with E-state index in [0.717, 1.165) is 24.3 Å². The lowest BCUT2D eigenvalue weighted by Crippen LogP contribution is -2.21. The van der Waals surface area contributed by atoms with Crippen molar-refractivity contribution in [2.24, 2.45) is 11.7 Å². The van der Waals surface area contributed by atoms with Gasteiger partial charge in [-0.2, -0.15) is 0 Å². The molecule has 0 saturated carbocycles. The normalized spacial score (nSPS) is 12.1. The smallest absolute Gasteiger partial charge is 0.238 e. The van der Waals surface area contributed by atoms with Gasteiger partial charge in [0.1, 0.15) is 0 Å². The number of amides is 1. The van der Waals surface area contributed by atoms with Gasteiger partial charge in [-0.15, -0.1) is 0 Å². The fourth-order valence-electron chi connectivity index (χ4n) is 2.19. The van der Waals surface area contributed by atoms with Crippen LogP contribution in [0.2, 0.25) is 0 Å². The Morgan fingerprint density at radius 3 is 2.86 bits per heavy atom. The summed E-state index contributed by atoms with van der Waals surface area (Å²) in [6.45, 7) is 5.81. The van der Waals surface area contributed by atoms with E-state index in [0.29, 0.717) is 12.5 Å². The molecule has 0 bridgehead atoms. The topological polar surface area (TPSA) is 64.3 Å². The van der Waals surface area contributed by atoms with Gasteiger partial charge in [-0.1, -0.05) is 45.2 Å². The summed E-state index contributed by atoms with van der Waals surface area (Å²) in [5, 5.41) is 2.75. The zero-order valence-corrected chi connectivity index (χ0v) is 13.2. The molecule has 21 heavy (non-hydrogen) atoms. The first-order valence-corrected chi connectivity index (χ1v) is 7.86. The van der Waals surface area contributed by atoms with Crippen LogP contribution < -0.4 is 11.1 Å². The molecule has 4 heteroatoms. The van der Waals surface area contributed by atoms with Crippen LogP contribution in [-0.2, 0) is 16.1 Å². The second kappa shape index (κ2) is 10.4. The van der Waals surface area contributed by atoms with E-state index in [9.17, 15) is 4.79 Å². The van der Waals surface area contributed by atoms with E-state index in [2.05, 4.69) is 19.2 Å². The maximum atomic E-state index is 11.3. The lowest BCUT2D eigenvalue weighted by atomic mass is 10.0. The fraction of sp³-hybridized carbons (Fsp3) is 0.588. The third-order valence-corrected chi connectivity index (χ3v) is 3.56. The van der Waals surface area contributed by atoms with Crippen LogP contribution in [0.1, 0.15) is 45.1 Å². The van der Waals surface area contributed by atoms with E-state index in [-0.39, 0.29) is 12.5 Å². The zero-order valence-electron chi connectivity index (χ0n) is 13.2. The van der Waals surface area contributed by atoms with E-state index < -0.39 is 0 Å². The number of ether oxygens (including phenoxy) is 1. The molecule has 1 aromatic carbocycles. The Hall–Kier alpha value is -1.39. The monoisotopic (exact) mass is 292 g/mol. The maximum Gasteiger partial charge on any atom is 0.238 e. The number of unbranched alkanes of at least 4 members (excludes halogenated alkanes) is 1. The number of hydrogen-bond acceptors (Lipinski definition) is 3. The molecule has 1 unspecified atom stereocenters. The molecular weight excluding hydrogens is 264 g/mol. The molecule has 1 rings (SSSR count). The molecule has 0 heterocycles. The van der Waals surface area contributed by atoms with Crippen LogP contribution in [0.25, 0.3) is 0 Å². The van der Waals surface area contributed by atoms with Gasteiger partial charge in [0.25, 0.3) is 0 Å². The van der Waals surface area contributed by atoms with Crippen LogP contribution in [0.3, 0.4) is 0 Å². The van der Waals surface area contributed by atoms with Crippen LogP contribution in [0, 0.1) is 5.92 Å². The van der Waals surface area contributed by atoms with Gasteiger partial charge in [-0.05, 0) is 30.0 Å². The summed E-state index contributed by atoms with van der Waals surface area (Å²) in [6, 6.07) is 7.71. The molecule has 3 N–H and O–H groups in total. The van der Waals surface area contributed by atoms with Crippen molar-refractivity contribution in [3.8, 4) is 0 Å². The van der Waals surface area contributed by atoms with Crippen LogP contribution in [0.15, 0.2) is 24.3 Å². The van der Waals surface area contributed by atoms with Gasteiger partial charge in [0.05, 0.1) is 13.2 Å². The second-order valence-electron chi connectivity index (χ2n) is 5.38. The summed E-state index contributed by atoms with van der Waals surface area (Å²) in [7, 11) is 0. The molecule has 1 amide bonds. The molecular formula is C17H28N2O2. The molecule has 4 nitrogen and oxygen atoms in total.